The molecule has 1 saturated carbocycles. The Kier molecular flexibility index (Phi) is 4.69. The lowest BCUT2D eigenvalue weighted by Gasteiger charge is -2.30. The van der Waals surface area contributed by atoms with Gasteiger partial charge in [0.1, 0.15) is 29.3 Å². The zero-order valence-electron chi connectivity index (χ0n) is 18.3. The van der Waals surface area contributed by atoms with Crippen molar-refractivity contribution >= 4 is 22.8 Å². The lowest BCUT2D eigenvalue weighted by atomic mass is 10.0. The minimum absolute atomic E-state index is 0.123. The Morgan fingerprint density at radius 1 is 1.06 bits per heavy atom. The highest BCUT2D eigenvalue weighted by atomic mass is 16.5. The van der Waals surface area contributed by atoms with Gasteiger partial charge in [-0.15, -0.1) is 6.42 Å². The van der Waals surface area contributed by atoms with Crippen molar-refractivity contribution in [3.63, 3.8) is 0 Å². The monoisotopic (exact) mass is 450 g/mol. The Balaban J connectivity index is 1.34. The van der Waals surface area contributed by atoms with Crippen molar-refractivity contribution < 1.29 is 9.53 Å². The molecule has 3 unspecified atom stereocenters. The van der Waals surface area contributed by atoms with Gasteiger partial charge in [-0.3, -0.25) is 4.79 Å². The molecule has 2 bridgehead atoms. The number of benzene rings is 2. The molecule has 1 aliphatic heterocycles. The summed E-state index contributed by atoms with van der Waals surface area (Å²) in [5, 5.41) is 5.71. The third-order valence-corrected chi connectivity index (χ3v) is 6.83. The van der Waals surface area contributed by atoms with Crippen molar-refractivity contribution in [1.82, 2.24) is 24.6 Å². The van der Waals surface area contributed by atoms with Gasteiger partial charge in [-0.05, 0) is 55.2 Å². The molecule has 1 amide bonds. The maximum Gasteiger partial charge on any atom is 0.298 e. The van der Waals surface area contributed by atoms with Crippen LogP contribution in [0.15, 0.2) is 60.9 Å². The fraction of sp³-hybridized carbons (Fsp3) is 0.231. The Bertz CT molecular complexity index is 1420. The van der Waals surface area contributed by atoms with Crippen LogP contribution in [0, 0.1) is 18.3 Å². The molecule has 6 rings (SSSR count). The molecule has 1 aliphatic carbocycles. The van der Waals surface area contributed by atoms with Crippen molar-refractivity contribution in [2.45, 2.75) is 24.9 Å². The smallest absolute Gasteiger partial charge is 0.298 e. The molecule has 34 heavy (non-hydrogen) atoms. The van der Waals surface area contributed by atoms with E-state index >= 15 is 0 Å². The molecule has 8 heteroatoms. The molecule has 0 spiro atoms. The molecule has 2 aromatic carbocycles. The van der Waals surface area contributed by atoms with E-state index in [2.05, 4.69) is 15.9 Å². The number of ether oxygens (including phenoxy) is 1. The molecule has 4 aromatic rings. The first-order valence-corrected chi connectivity index (χ1v) is 11.2. The highest BCUT2D eigenvalue weighted by Crippen LogP contribution is 2.46. The van der Waals surface area contributed by atoms with E-state index in [4.69, 9.17) is 22.0 Å². The van der Waals surface area contributed by atoms with Crippen LogP contribution in [0.2, 0.25) is 0 Å². The number of rotatable bonds is 4. The van der Waals surface area contributed by atoms with E-state index in [9.17, 15) is 4.79 Å². The normalized spacial score (nSPS) is 21.0. The molecule has 2 aromatic heterocycles. The zero-order chi connectivity index (χ0) is 23.2. The van der Waals surface area contributed by atoms with Crippen LogP contribution in [0.3, 0.4) is 0 Å². The van der Waals surface area contributed by atoms with Gasteiger partial charge in [-0.1, -0.05) is 18.2 Å². The number of aromatic nitrogens is 4. The van der Waals surface area contributed by atoms with Crippen molar-refractivity contribution in [3.8, 4) is 35.1 Å². The molecule has 168 valence electrons. The predicted octanol–water partition coefficient (Wildman–Crippen LogP) is 3.66. The van der Waals surface area contributed by atoms with Gasteiger partial charge in [0.2, 0.25) is 0 Å². The SMILES string of the molecule is C#CC(=O)N1CC2CC1CC2n1nc(-c2ccc(Oc3ccccc3)cc2)c2c(N)ncnc21. The number of carbonyl (C=O) groups is 1. The first kappa shape index (κ1) is 20.2. The third-order valence-electron chi connectivity index (χ3n) is 6.83. The Hall–Kier alpha value is -4.38. The van der Waals surface area contributed by atoms with E-state index in [1.54, 1.807) is 0 Å². The van der Waals surface area contributed by atoms with E-state index in [0.717, 1.165) is 41.0 Å². The number of carbonyl (C=O) groups excluding carboxylic acids is 1. The molecule has 8 nitrogen and oxygen atoms in total. The minimum atomic E-state index is -0.235. The molecular weight excluding hydrogens is 428 g/mol. The number of nitrogens with two attached hydrogens (primary N) is 1. The lowest BCUT2D eigenvalue weighted by molar-refractivity contribution is -0.127. The lowest BCUT2D eigenvalue weighted by Crippen LogP contribution is -2.40. The van der Waals surface area contributed by atoms with Gasteiger partial charge >= 0.3 is 0 Å². The molecule has 3 atom stereocenters. The summed E-state index contributed by atoms with van der Waals surface area (Å²) in [6.45, 7) is 0.640. The summed E-state index contributed by atoms with van der Waals surface area (Å²) in [5.41, 5.74) is 8.63. The molecule has 2 aliphatic rings. The predicted molar refractivity (Wildman–Crippen MR) is 128 cm³/mol. The largest absolute Gasteiger partial charge is 0.457 e. The Morgan fingerprint density at radius 2 is 1.82 bits per heavy atom. The highest BCUT2D eigenvalue weighted by Gasteiger charge is 2.48. The Morgan fingerprint density at radius 3 is 2.53 bits per heavy atom. The second-order valence-electron chi connectivity index (χ2n) is 8.74. The van der Waals surface area contributed by atoms with E-state index in [0.29, 0.717) is 18.0 Å². The van der Waals surface area contributed by atoms with Crippen molar-refractivity contribution in [3.05, 3.63) is 60.9 Å². The second kappa shape index (κ2) is 7.89. The highest BCUT2D eigenvalue weighted by molar-refractivity contribution is 5.98. The van der Waals surface area contributed by atoms with E-state index in [-0.39, 0.29) is 23.9 Å². The average Bonchev–Trinajstić information content (AvgIpc) is 3.58. The quantitative estimate of drug-likeness (QED) is 0.477. The summed E-state index contributed by atoms with van der Waals surface area (Å²) in [6, 6.07) is 17.6. The maximum atomic E-state index is 12.1. The molecule has 3 heterocycles. The van der Waals surface area contributed by atoms with Gasteiger partial charge in [0.05, 0.1) is 11.4 Å². The van der Waals surface area contributed by atoms with Crippen LogP contribution in [0.1, 0.15) is 18.9 Å². The third kappa shape index (κ3) is 3.25. The van der Waals surface area contributed by atoms with Crippen LogP contribution in [0.4, 0.5) is 5.82 Å². The van der Waals surface area contributed by atoms with Gasteiger partial charge in [0.15, 0.2) is 5.65 Å². The van der Waals surface area contributed by atoms with E-state index in [1.807, 2.05) is 64.2 Å². The van der Waals surface area contributed by atoms with Crippen LogP contribution in [0.25, 0.3) is 22.3 Å². The summed E-state index contributed by atoms with van der Waals surface area (Å²) in [6.07, 6.45) is 8.52. The summed E-state index contributed by atoms with van der Waals surface area (Å²) in [7, 11) is 0. The standard InChI is InChI=1S/C26H22N6O2/c1-2-22(33)31-14-17-12-18(31)13-21(17)32-26-23(25(27)28-15-29-26)24(30-32)16-8-10-20(11-9-16)34-19-6-4-3-5-7-19/h1,3-11,15,17-18,21H,12-14H2,(H2,27,28,29). The van der Waals surface area contributed by atoms with Crippen LogP contribution in [0.5, 0.6) is 11.5 Å². The van der Waals surface area contributed by atoms with Gasteiger partial charge in [-0.2, -0.15) is 5.10 Å². The number of terminal acetylenes is 1. The number of piperidine rings is 1. The topological polar surface area (TPSA) is 99.2 Å². The minimum Gasteiger partial charge on any atom is -0.457 e. The molecule has 1 saturated heterocycles. The van der Waals surface area contributed by atoms with Crippen molar-refractivity contribution in [2.75, 3.05) is 12.3 Å². The second-order valence-corrected chi connectivity index (χ2v) is 8.74. The maximum absolute atomic E-state index is 12.1. The number of amides is 1. The number of hydrogen-bond donors (Lipinski definition) is 1. The molecule has 2 fully saturated rings. The number of fused-ring (bicyclic) bond motifs is 3. The van der Waals surface area contributed by atoms with Gasteiger partial charge in [0, 0.05) is 24.1 Å². The number of nitrogen functional groups attached to an aromatic ring is 1. The van der Waals surface area contributed by atoms with Gasteiger partial charge in [0.25, 0.3) is 5.91 Å². The zero-order valence-corrected chi connectivity index (χ0v) is 18.3. The van der Waals surface area contributed by atoms with Crippen LogP contribution < -0.4 is 10.5 Å². The first-order chi connectivity index (χ1) is 16.6. The fourth-order valence-corrected chi connectivity index (χ4v) is 5.29. The number of anilines is 1. The fourth-order valence-electron chi connectivity index (χ4n) is 5.29. The average molecular weight is 451 g/mol. The number of hydrogen-bond acceptors (Lipinski definition) is 6. The van der Waals surface area contributed by atoms with Crippen molar-refractivity contribution in [1.29, 1.82) is 0 Å². The van der Waals surface area contributed by atoms with Gasteiger partial charge in [-0.25, -0.2) is 14.6 Å². The van der Waals surface area contributed by atoms with Crippen LogP contribution in [-0.4, -0.2) is 43.1 Å². The molecular formula is C26H22N6O2. The van der Waals surface area contributed by atoms with Crippen LogP contribution in [-0.2, 0) is 4.79 Å². The Labute approximate surface area is 196 Å². The van der Waals surface area contributed by atoms with E-state index in [1.165, 1.54) is 6.33 Å². The summed E-state index contributed by atoms with van der Waals surface area (Å²) in [5.74, 6) is 4.18. The van der Waals surface area contributed by atoms with E-state index < -0.39 is 0 Å². The van der Waals surface area contributed by atoms with Crippen molar-refractivity contribution in [2.24, 2.45) is 5.92 Å². The number of para-hydroxylation sites is 1. The summed E-state index contributed by atoms with van der Waals surface area (Å²) >= 11 is 0. The number of nitrogens with zero attached hydrogens (tertiary/aromatic N) is 5. The molecule has 2 N–H and O–H groups in total. The first-order valence-electron chi connectivity index (χ1n) is 11.2. The van der Waals surface area contributed by atoms with Gasteiger partial charge < -0.3 is 15.4 Å². The van der Waals surface area contributed by atoms with Crippen LogP contribution >= 0.6 is 0 Å². The molecule has 0 radical (unpaired) electrons. The summed E-state index contributed by atoms with van der Waals surface area (Å²) < 4.78 is 7.89. The number of likely N-dealkylation sites (tertiary alicyclic amines) is 1. The summed E-state index contributed by atoms with van der Waals surface area (Å²) in [4.78, 5) is 22.6.